The molecule has 2 N–H and O–H groups in total. The molecular weight excluding hydrogens is 313 g/mol. The van der Waals surface area contributed by atoms with Gasteiger partial charge in [-0.25, -0.2) is 0 Å². The molecule has 0 heterocycles. The van der Waals surface area contributed by atoms with Gasteiger partial charge in [-0.05, 0) is 29.8 Å². The van der Waals surface area contributed by atoms with Crippen molar-refractivity contribution in [2.45, 2.75) is 6.42 Å². The Bertz CT molecular complexity index is 684. The first-order valence-corrected chi connectivity index (χ1v) is 6.79. The fraction of sp³-hybridized carbons (Fsp3) is 0.0667. The number of aliphatic carboxylic acids is 1. The number of carbonyl (C=O) groups is 2. The monoisotopic (exact) mass is 323 g/mol. The highest BCUT2D eigenvalue weighted by Crippen LogP contribution is 2.26. The third-order valence-corrected chi connectivity index (χ3v) is 3.58. The summed E-state index contributed by atoms with van der Waals surface area (Å²) in [7, 11) is 0. The molecule has 2 rings (SSSR count). The summed E-state index contributed by atoms with van der Waals surface area (Å²) in [5.74, 6) is -1.29. The number of nitrogens with one attached hydrogen (secondary N) is 1. The molecule has 108 valence electrons. The zero-order chi connectivity index (χ0) is 15.4. The van der Waals surface area contributed by atoms with Gasteiger partial charge in [0.1, 0.15) is 0 Å². The van der Waals surface area contributed by atoms with Gasteiger partial charge in [-0.3, -0.25) is 9.59 Å². The molecule has 4 nitrogen and oxygen atoms in total. The van der Waals surface area contributed by atoms with Crippen molar-refractivity contribution in [2.75, 3.05) is 5.32 Å². The van der Waals surface area contributed by atoms with E-state index in [9.17, 15) is 9.59 Å². The van der Waals surface area contributed by atoms with Crippen LogP contribution in [0, 0.1) is 0 Å². The Kier molecular flexibility index (Phi) is 4.83. The fourth-order valence-corrected chi connectivity index (χ4v) is 2.14. The molecule has 1 amide bonds. The first-order valence-electron chi connectivity index (χ1n) is 6.03. The highest BCUT2D eigenvalue weighted by atomic mass is 35.5. The molecule has 0 fully saturated rings. The molecule has 0 aliphatic heterocycles. The minimum absolute atomic E-state index is 0.0612. The van der Waals surface area contributed by atoms with Crippen LogP contribution in [0.15, 0.2) is 42.5 Å². The number of hydrogen-bond donors (Lipinski definition) is 2. The van der Waals surface area contributed by atoms with Gasteiger partial charge < -0.3 is 10.4 Å². The van der Waals surface area contributed by atoms with Gasteiger partial charge in [-0.15, -0.1) is 0 Å². The molecule has 6 heteroatoms. The summed E-state index contributed by atoms with van der Waals surface area (Å²) >= 11 is 11.8. The number of amides is 1. The summed E-state index contributed by atoms with van der Waals surface area (Å²) in [5.41, 5.74) is 1.48. The van der Waals surface area contributed by atoms with Crippen LogP contribution >= 0.6 is 23.2 Å². The van der Waals surface area contributed by atoms with Gasteiger partial charge >= 0.3 is 5.97 Å². The van der Waals surface area contributed by atoms with Crippen LogP contribution in [0.1, 0.15) is 15.9 Å². The van der Waals surface area contributed by atoms with E-state index in [4.69, 9.17) is 28.3 Å². The molecule has 2 aromatic rings. The van der Waals surface area contributed by atoms with Gasteiger partial charge in [0, 0.05) is 5.69 Å². The second-order valence-electron chi connectivity index (χ2n) is 4.32. The lowest BCUT2D eigenvalue weighted by molar-refractivity contribution is -0.136. The predicted molar refractivity (Wildman–Crippen MR) is 82.2 cm³/mol. The zero-order valence-electron chi connectivity index (χ0n) is 10.8. The third kappa shape index (κ3) is 3.97. The smallest absolute Gasteiger partial charge is 0.307 e. The maximum Gasteiger partial charge on any atom is 0.307 e. The number of carboxylic acids is 1. The van der Waals surface area contributed by atoms with E-state index in [0.29, 0.717) is 16.3 Å². The Hall–Kier alpha value is -2.04. The van der Waals surface area contributed by atoms with Crippen LogP contribution in [0.5, 0.6) is 0 Å². The van der Waals surface area contributed by atoms with E-state index >= 15 is 0 Å². The van der Waals surface area contributed by atoms with Gasteiger partial charge in [0.2, 0.25) is 0 Å². The highest BCUT2D eigenvalue weighted by molar-refractivity contribution is 6.44. The minimum Gasteiger partial charge on any atom is -0.481 e. The molecule has 0 unspecified atom stereocenters. The maximum atomic E-state index is 12.1. The summed E-state index contributed by atoms with van der Waals surface area (Å²) < 4.78 is 0. The van der Waals surface area contributed by atoms with E-state index in [2.05, 4.69) is 5.32 Å². The van der Waals surface area contributed by atoms with Crippen molar-refractivity contribution in [3.63, 3.8) is 0 Å². The molecule has 0 aliphatic carbocycles. The molecule has 0 aromatic heterocycles. The summed E-state index contributed by atoms with van der Waals surface area (Å²) in [6, 6.07) is 11.4. The molecular formula is C15H11Cl2NO3. The van der Waals surface area contributed by atoms with Gasteiger partial charge in [-0.1, -0.05) is 41.4 Å². The number of carboxylic acid groups (broad SMARTS) is 1. The van der Waals surface area contributed by atoms with E-state index in [-0.39, 0.29) is 22.9 Å². The van der Waals surface area contributed by atoms with Gasteiger partial charge in [-0.2, -0.15) is 0 Å². The number of rotatable bonds is 4. The number of carbonyl (C=O) groups excluding carboxylic acids is 1. The summed E-state index contributed by atoms with van der Waals surface area (Å²) in [6.07, 6.45) is -0.0612. The van der Waals surface area contributed by atoms with Crippen molar-refractivity contribution in [2.24, 2.45) is 0 Å². The first-order chi connectivity index (χ1) is 9.97. The van der Waals surface area contributed by atoms with Crippen molar-refractivity contribution >= 4 is 40.8 Å². The largest absolute Gasteiger partial charge is 0.481 e. The van der Waals surface area contributed by atoms with E-state index < -0.39 is 5.97 Å². The zero-order valence-corrected chi connectivity index (χ0v) is 12.3. The summed E-state index contributed by atoms with van der Waals surface area (Å²) in [4.78, 5) is 22.7. The topological polar surface area (TPSA) is 66.4 Å². The Balaban J connectivity index is 2.12. The molecule has 0 saturated carbocycles. The Morgan fingerprint density at radius 1 is 1.05 bits per heavy atom. The maximum absolute atomic E-state index is 12.1. The predicted octanol–water partition coefficient (Wildman–Crippen LogP) is 3.87. The lowest BCUT2D eigenvalue weighted by Crippen LogP contribution is -2.12. The Morgan fingerprint density at radius 3 is 2.33 bits per heavy atom. The second kappa shape index (κ2) is 6.61. The third-order valence-electron chi connectivity index (χ3n) is 2.76. The highest BCUT2D eigenvalue weighted by Gasteiger charge is 2.12. The van der Waals surface area contributed by atoms with Crippen molar-refractivity contribution in [1.29, 1.82) is 0 Å². The van der Waals surface area contributed by atoms with E-state index in [1.807, 2.05) is 0 Å². The first kappa shape index (κ1) is 15.4. The molecule has 2 aromatic carbocycles. The van der Waals surface area contributed by atoms with E-state index in [0.717, 1.165) is 0 Å². The molecule has 0 aliphatic rings. The van der Waals surface area contributed by atoms with Crippen LogP contribution in [0.25, 0.3) is 0 Å². The minimum atomic E-state index is -0.905. The van der Waals surface area contributed by atoms with Crippen LogP contribution in [-0.4, -0.2) is 17.0 Å². The van der Waals surface area contributed by atoms with Crippen molar-refractivity contribution in [3.8, 4) is 0 Å². The van der Waals surface area contributed by atoms with Crippen molar-refractivity contribution in [1.82, 2.24) is 0 Å². The lowest BCUT2D eigenvalue weighted by Gasteiger charge is -2.08. The lowest BCUT2D eigenvalue weighted by atomic mass is 10.1. The van der Waals surface area contributed by atoms with Crippen LogP contribution < -0.4 is 5.32 Å². The fourth-order valence-electron chi connectivity index (χ4n) is 1.76. The molecule has 0 radical (unpaired) electrons. The second-order valence-corrected chi connectivity index (χ2v) is 5.11. The molecule has 0 spiro atoms. The normalized spacial score (nSPS) is 10.2. The van der Waals surface area contributed by atoms with Crippen LogP contribution in [0.2, 0.25) is 10.0 Å². The van der Waals surface area contributed by atoms with E-state index in [1.165, 1.54) is 0 Å². The Morgan fingerprint density at radius 2 is 1.71 bits per heavy atom. The quantitative estimate of drug-likeness (QED) is 0.897. The van der Waals surface area contributed by atoms with Gasteiger partial charge in [0.15, 0.2) is 0 Å². The molecule has 21 heavy (non-hydrogen) atoms. The SMILES string of the molecule is O=C(O)Cc1ccc(NC(=O)c2cccc(Cl)c2Cl)cc1. The van der Waals surface area contributed by atoms with E-state index in [1.54, 1.807) is 42.5 Å². The Labute approximate surface area is 131 Å². The molecule has 0 bridgehead atoms. The summed E-state index contributed by atoms with van der Waals surface area (Å²) in [6.45, 7) is 0. The van der Waals surface area contributed by atoms with Crippen molar-refractivity contribution < 1.29 is 14.7 Å². The number of benzene rings is 2. The van der Waals surface area contributed by atoms with Crippen LogP contribution in [0.4, 0.5) is 5.69 Å². The average molecular weight is 324 g/mol. The standard InChI is InChI=1S/C15H11Cl2NO3/c16-12-3-1-2-11(14(12)17)15(21)18-10-6-4-9(5-7-10)8-13(19)20/h1-7H,8H2,(H,18,21)(H,19,20). The number of anilines is 1. The summed E-state index contributed by atoms with van der Waals surface area (Å²) in [5, 5.41) is 11.9. The van der Waals surface area contributed by atoms with Crippen LogP contribution in [-0.2, 0) is 11.2 Å². The van der Waals surface area contributed by atoms with Crippen LogP contribution in [0.3, 0.4) is 0 Å². The van der Waals surface area contributed by atoms with Gasteiger partial charge in [0.05, 0.1) is 22.0 Å². The molecule has 0 atom stereocenters. The molecule has 0 saturated heterocycles. The van der Waals surface area contributed by atoms with Crippen molar-refractivity contribution in [3.05, 3.63) is 63.6 Å². The van der Waals surface area contributed by atoms with Gasteiger partial charge in [0.25, 0.3) is 5.91 Å². The average Bonchev–Trinajstić information content (AvgIpc) is 2.43. The number of hydrogen-bond acceptors (Lipinski definition) is 2. The number of halogens is 2.